The number of benzene rings is 2. The third kappa shape index (κ3) is 4.98. The molecule has 1 aliphatic rings. The van der Waals surface area contributed by atoms with Gasteiger partial charge < -0.3 is 14.2 Å². The number of nitrogens with zero attached hydrogens (tertiary/aromatic N) is 5. The minimum absolute atomic E-state index is 0.0950. The molecule has 1 amide bonds. The first-order valence-electron chi connectivity index (χ1n) is 11.1. The number of carbonyl (C=O) groups excluding carboxylic acids is 1. The van der Waals surface area contributed by atoms with E-state index in [1.54, 1.807) is 6.26 Å². The molecule has 7 nitrogen and oxygen atoms in total. The first kappa shape index (κ1) is 22.6. The van der Waals surface area contributed by atoms with Crippen molar-refractivity contribution in [3.8, 4) is 11.4 Å². The van der Waals surface area contributed by atoms with Crippen molar-refractivity contribution in [1.82, 2.24) is 19.7 Å². The largest absolute Gasteiger partial charge is 0.467 e. The van der Waals surface area contributed by atoms with Gasteiger partial charge in [-0.3, -0.25) is 9.36 Å². The zero-order chi connectivity index (χ0) is 23.3. The van der Waals surface area contributed by atoms with Gasteiger partial charge >= 0.3 is 0 Å². The van der Waals surface area contributed by atoms with Gasteiger partial charge in [-0.05, 0) is 24.3 Å². The summed E-state index contributed by atoms with van der Waals surface area (Å²) in [6.07, 6.45) is 1.65. The highest BCUT2D eigenvalue weighted by molar-refractivity contribution is 7.99. The van der Waals surface area contributed by atoms with Crippen LogP contribution in [0.1, 0.15) is 5.76 Å². The standard InChI is InChI=1S/C25H24ClN5O2S/c26-21-10-4-5-11-22(21)29-12-14-30(15-13-29)23(32)18-34-25-28-27-24(19-7-2-1-3-8-19)31(25)17-20-9-6-16-33-20/h1-11,16H,12-15,17-18H2. The number of rotatable bonds is 7. The molecule has 2 aromatic carbocycles. The number of furan rings is 1. The molecular weight excluding hydrogens is 470 g/mol. The molecule has 34 heavy (non-hydrogen) atoms. The van der Waals surface area contributed by atoms with E-state index in [0.29, 0.717) is 30.5 Å². The summed E-state index contributed by atoms with van der Waals surface area (Å²) in [5, 5.41) is 10.2. The molecule has 0 bridgehead atoms. The van der Waals surface area contributed by atoms with Crippen molar-refractivity contribution in [2.24, 2.45) is 0 Å². The molecule has 0 saturated carbocycles. The maximum Gasteiger partial charge on any atom is 0.233 e. The average molecular weight is 494 g/mol. The lowest BCUT2D eigenvalue weighted by molar-refractivity contribution is -0.128. The first-order valence-corrected chi connectivity index (χ1v) is 12.5. The lowest BCUT2D eigenvalue weighted by atomic mass is 10.2. The van der Waals surface area contributed by atoms with Crippen LogP contribution in [-0.2, 0) is 11.3 Å². The quantitative estimate of drug-likeness (QED) is 0.348. The zero-order valence-electron chi connectivity index (χ0n) is 18.5. The Morgan fingerprint density at radius 3 is 2.44 bits per heavy atom. The Bertz CT molecular complexity index is 1240. The van der Waals surface area contributed by atoms with E-state index in [4.69, 9.17) is 16.0 Å². The number of aromatic nitrogens is 3. The van der Waals surface area contributed by atoms with E-state index in [1.807, 2.05) is 76.2 Å². The second-order valence-corrected chi connectivity index (χ2v) is 9.30. The van der Waals surface area contributed by atoms with Crippen LogP contribution in [0.15, 0.2) is 82.6 Å². The fourth-order valence-corrected chi connectivity index (χ4v) is 5.12. The number of carbonyl (C=O) groups is 1. The minimum atomic E-state index is 0.0950. The number of hydrogen-bond donors (Lipinski definition) is 0. The molecule has 0 N–H and O–H groups in total. The van der Waals surface area contributed by atoms with Crippen LogP contribution in [0.3, 0.4) is 0 Å². The highest BCUT2D eigenvalue weighted by atomic mass is 35.5. The second-order valence-electron chi connectivity index (χ2n) is 7.95. The van der Waals surface area contributed by atoms with Gasteiger partial charge in [-0.1, -0.05) is 65.8 Å². The molecule has 3 heterocycles. The van der Waals surface area contributed by atoms with Gasteiger partial charge in [0.05, 0.1) is 29.3 Å². The summed E-state index contributed by atoms with van der Waals surface area (Å²) in [5.74, 6) is 1.95. The third-order valence-corrected chi connectivity index (χ3v) is 7.06. The Morgan fingerprint density at radius 1 is 0.941 bits per heavy atom. The molecule has 4 aromatic rings. The van der Waals surface area contributed by atoms with E-state index in [-0.39, 0.29) is 5.91 Å². The average Bonchev–Trinajstić information content (AvgIpc) is 3.54. The third-order valence-electron chi connectivity index (χ3n) is 5.79. The van der Waals surface area contributed by atoms with Crippen LogP contribution in [0.4, 0.5) is 5.69 Å². The number of hydrogen-bond acceptors (Lipinski definition) is 6. The van der Waals surface area contributed by atoms with E-state index in [1.165, 1.54) is 11.8 Å². The lowest BCUT2D eigenvalue weighted by Crippen LogP contribution is -2.49. The first-order chi connectivity index (χ1) is 16.7. The molecule has 1 saturated heterocycles. The maximum absolute atomic E-state index is 13.0. The number of anilines is 1. The zero-order valence-corrected chi connectivity index (χ0v) is 20.1. The Labute approximate surface area is 207 Å². The molecule has 0 spiro atoms. The van der Waals surface area contributed by atoms with E-state index in [2.05, 4.69) is 15.1 Å². The molecule has 2 aromatic heterocycles. The van der Waals surface area contributed by atoms with Gasteiger partial charge in [-0.15, -0.1) is 10.2 Å². The topological polar surface area (TPSA) is 67.4 Å². The molecule has 1 fully saturated rings. The molecule has 9 heteroatoms. The van der Waals surface area contributed by atoms with Crippen LogP contribution in [-0.4, -0.2) is 57.5 Å². The van der Waals surface area contributed by atoms with Gasteiger partial charge in [-0.25, -0.2) is 0 Å². The highest BCUT2D eigenvalue weighted by Gasteiger charge is 2.23. The summed E-state index contributed by atoms with van der Waals surface area (Å²) in [4.78, 5) is 17.1. The molecule has 0 atom stereocenters. The fraction of sp³-hybridized carbons (Fsp3) is 0.240. The monoisotopic (exact) mass is 493 g/mol. The number of piperazine rings is 1. The molecular formula is C25H24ClN5O2S. The summed E-state index contributed by atoms with van der Waals surface area (Å²) in [7, 11) is 0. The smallest absolute Gasteiger partial charge is 0.233 e. The van der Waals surface area contributed by atoms with Gasteiger partial charge in [0.2, 0.25) is 5.91 Å². The van der Waals surface area contributed by atoms with Gasteiger partial charge in [0.1, 0.15) is 5.76 Å². The van der Waals surface area contributed by atoms with Crippen molar-refractivity contribution >= 4 is 35.0 Å². The summed E-state index contributed by atoms with van der Waals surface area (Å²) in [5.41, 5.74) is 1.99. The summed E-state index contributed by atoms with van der Waals surface area (Å²) < 4.78 is 7.55. The van der Waals surface area contributed by atoms with Crippen molar-refractivity contribution in [2.45, 2.75) is 11.7 Å². The van der Waals surface area contributed by atoms with E-state index < -0.39 is 0 Å². The predicted octanol–water partition coefficient (Wildman–Crippen LogP) is 4.68. The van der Waals surface area contributed by atoms with E-state index in [9.17, 15) is 4.79 Å². The van der Waals surface area contributed by atoms with Crippen LogP contribution in [0.5, 0.6) is 0 Å². The summed E-state index contributed by atoms with van der Waals surface area (Å²) in [6.45, 7) is 3.34. The van der Waals surface area contributed by atoms with Crippen LogP contribution < -0.4 is 4.90 Å². The summed E-state index contributed by atoms with van der Waals surface area (Å²) in [6, 6.07) is 21.5. The van der Waals surface area contributed by atoms with Gasteiger partial charge in [0.15, 0.2) is 11.0 Å². The Balaban J connectivity index is 1.25. The molecule has 174 valence electrons. The van der Waals surface area contributed by atoms with Gasteiger partial charge in [0, 0.05) is 31.7 Å². The van der Waals surface area contributed by atoms with Gasteiger partial charge in [0.25, 0.3) is 0 Å². The molecule has 0 unspecified atom stereocenters. The van der Waals surface area contributed by atoms with Crippen LogP contribution in [0.2, 0.25) is 5.02 Å². The molecule has 0 radical (unpaired) electrons. The fourth-order valence-electron chi connectivity index (χ4n) is 4.02. The van der Waals surface area contributed by atoms with E-state index in [0.717, 1.165) is 40.9 Å². The van der Waals surface area contributed by atoms with Crippen LogP contribution >= 0.6 is 23.4 Å². The molecule has 0 aliphatic carbocycles. The Kier molecular flexibility index (Phi) is 6.87. The Morgan fingerprint density at radius 2 is 1.71 bits per heavy atom. The van der Waals surface area contributed by atoms with Crippen molar-refractivity contribution in [3.05, 3.63) is 83.8 Å². The summed E-state index contributed by atoms with van der Waals surface area (Å²) >= 11 is 7.75. The normalized spacial score (nSPS) is 13.9. The van der Waals surface area contributed by atoms with Gasteiger partial charge in [-0.2, -0.15) is 0 Å². The maximum atomic E-state index is 13.0. The number of thioether (sulfide) groups is 1. The molecule has 5 rings (SSSR count). The number of halogens is 1. The SMILES string of the molecule is O=C(CSc1nnc(-c2ccccc2)n1Cc1ccco1)N1CCN(c2ccccc2Cl)CC1. The van der Waals surface area contributed by atoms with Crippen LogP contribution in [0.25, 0.3) is 11.4 Å². The highest BCUT2D eigenvalue weighted by Crippen LogP contribution is 2.27. The van der Waals surface area contributed by atoms with Crippen molar-refractivity contribution in [1.29, 1.82) is 0 Å². The lowest BCUT2D eigenvalue weighted by Gasteiger charge is -2.36. The number of para-hydroxylation sites is 1. The Hall–Kier alpha value is -3.23. The van der Waals surface area contributed by atoms with Crippen LogP contribution in [0, 0.1) is 0 Å². The second kappa shape index (κ2) is 10.4. The van der Waals surface area contributed by atoms with Crippen molar-refractivity contribution in [3.63, 3.8) is 0 Å². The minimum Gasteiger partial charge on any atom is -0.467 e. The predicted molar refractivity (Wildman–Crippen MR) is 134 cm³/mol. The van der Waals surface area contributed by atoms with E-state index >= 15 is 0 Å². The van der Waals surface area contributed by atoms with Crippen molar-refractivity contribution in [2.75, 3.05) is 36.8 Å². The molecule has 1 aliphatic heterocycles. The number of amides is 1. The van der Waals surface area contributed by atoms with Crippen molar-refractivity contribution < 1.29 is 9.21 Å².